The molecule has 0 amide bonds. The molecule has 0 spiro atoms. The summed E-state index contributed by atoms with van der Waals surface area (Å²) in [6.07, 6.45) is 9.86. The van der Waals surface area contributed by atoms with Crippen LogP contribution < -0.4 is 5.32 Å². The highest BCUT2D eigenvalue weighted by atomic mass is 15.2. The van der Waals surface area contributed by atoms with E-state index in [2.05, 4.69) is 24.1 Å². The molecular formula is C16H32N2. The number of nitrogens with one attached hydrogen (secondary N) is 1. The van der Waals surface area contributed by atoms with E-state index in [1.807, 2.05) is 0 Å². The van der Waals surface area contributed by atoms with Crippen LogP contribution in [0.4, 0.5) is 0 Å². The molecule has 1 aliphatic heterocycles. The van der Waals surface area contributed by atoms with Crippen molar-refractivity contribution in [2.24, 2.45) is 11.8 Å². The van der Waals surface area contributed by atoms with Gasteiger partial charge in [0.15, 0.2) is 0 Å². The predicted molar refractivity (Wildman–Crippen MR) is 78.9 cm³/mol. The van der Waals surface area contributed by atoms with Crippen molar-refractivity contribution in [2.45, 2.75) is 64.8 Å². The van der Waals surface area contributed by atoms with Crippen LogP contribution in [0.5, 0.6) is 0 Å². The van der Waals surface area contributed by atoms with Crippen molar-refractivity contribution in [1.29, 1.82) is 0 Å². The van der Waals surface area contributed by atoms with E-state index in [0.29, 0.717) is 0 Å². The van der Waals surface area contributed by atoms with Crippen LogP contribution in [0.3, 0.4) is 0 Å². The van der Waals surface area contributed by atoms with Gasteiger partial charge in [-0.2, -0.15) is 0 Å². The minimum atomic E-state index is 0.908. The van der Waals surface area contributed by atoms with E-state index in [9.17, 15) is 0 Å². The Kier molecular flexibility index (Phi) is 5.97. The molecule has 2 unspecified atom stereocenters. The molecule has 2 rings (SSSR count). The maximum Gasteiger partial charge on any atom is 0.00965 e. The van der Waals surface area contributed by atoms with Crippen molar-refractivity contribution >= 4 is 0 Å². The van der Waals surface area contributed by atoms with E-state index in [4.69, 9.17) is 0 Å². The summed E-state index contributed by atoms with van der Waals surface area (Å²) in [4.78, 5) is 2.72. The van der Waals surface area contributed by atoms with Gasteiger partial charge < -0.3 is 10.2 Å². The number of hydrogen-bond acceptors (Lipinski definition) is 2. The number of unbranched alkanes of at least 4 members (excludes halogenated alkanes) is 1. The molecule has 0 bridgehead atoms. The SMILES string of the molecule is CCCCC(CC)CNCC1CCN(C2CC2)C1. The number of rotatable bonds is 9. The lowest BCUT2D eigenvalue weighted by molar-refractivity contribution is 0.309. The molecule has 0 aromatic rings. The smallest absolute Gasteiger partial charge is 0.00965 e. The Balaban J connectivity index is 1.54. The van der Waals surface area contributed by atoms with Crippen LogP contribution >= 0.6 is 0 Å². The molecular weight excluding hydrogens is 220 g/mol. The average Bonchev–Trinajstić information content (AvgIpc) is 3.14. The van der Waals surface area contributed by atoms with Crippen LogP contribution in [0.2, 0.25) is 0 Å². The molecule has 106 valence electrons. The van der Waals surface area contributed by atoms with Crippen LogP contribution in [-0.2, 0) is 0 Å². The van der Waals surface area contributed by atoms with E-state index in [1.165, 1.54) is 71.1 Å². The lowest BCUT2D eigenvalue weighted by Gasteiger charge is -2.18. The first-order valence-electron chi connectivity index (χ1n) is 8.28. The predicted octanol–water partition coefficient (Wildman–Crippen LogP) is 3.28. The standard InChI is InChI=1S/C16H32N2/c1-3-5-6-14(4-2)11-17-12-15-9-10-18(13-15)16-7-8-16/h14-17H,3-13H2,1-2H3. The van der Waals surface area contributed by atoms with Gasteiger partial charge in [-0.1, -0.05) is 33.1 Å². The van der Waals surface area contributed by atoms with Gasteiger partial charge in [0.1, 0.15) is 0 Å². The second-order valence-corrected chi connectivity index (χ2v) is 6.46. The van der Waals surface area contributed by atoms with Crippen molar-refractivity contribution in [3.05, 3.63) is 0 Å². The van der Waals surface area contributed by atoms with Gasteiger partial charge in [0, 0.05) is 12.6 Å². The van der Waals surface area contributed by atoms with E-state index in [0.717, 1.165) is 17.9 Å². The molecule has 18 heavy (non-hydrogen) atoms. The van der Waals surface area contributed by atoms with Crippen molar-refractivity contribution < 1.29 is 0 Å². The summed E-state index contributed by atoms with van der Waals surface area (Å²) in [6.45, 7) is 9.87. The van der Waals surface area contributed by atoms with Gasteiger partial charge >= 0.3 is 0 Å². The van der Waals surface area contributed by atoms with Crippen LogP contribution in [0.25, 0.3) is 0 Å². The molecule has 0 radical (unpaired) electrons. The largest absolute Gasteiger partial charge is 0.316 e. The van der Waals surface area contributed by atoms with Gasteiger partial charge in [0.2, 0.25) is 0 Å². The third-order valence-electron chi connectivity index (χ3n) is 4.79. The summed E-state index contributed by atoms with van der Waals surface area (Å²) < 4.78 is 0. The lowest BCUT2D eigenvalue weighted by atomic mass is 9.99. The molecule has 0 aromatic carbocycles. The van der Waals surface area contributed by atoms with Crippen LogP contribution in [-0.4, -0.2) is 37.1 Å². The Bertz CT molecular complexity index is 225. The highest BCUT2D eigenvalue weighted by Gasteiger charge is 2.33. The molecule has 1 saturated carbocycles. The Hall–Kier alpha value is -0.0800. The van der Waals surface area contributed by atoms with Gasteiger partial charge in [-0.05, 0) is 57.2 Å². The topological polar surface area (TPSA) is 15.3 Å². The van der Waals surface area contributed by atoms with E-state index in [-0.39, 0.29) is 0 Å². The summed E-state index contributed by atoms with van der Waals surface area (Å²) in [5, 5.41) is 3.74. The molecule has 1 heterocycles. The zero-order chi connectivity index (χ0) is 12.8. The molecule has 1 aliphatic carbocycles. The fourth-order valence-corrected chi connectivity index (χ4v) is 3.24. The third kappa shape index (κ3) is 4.55. The summed E-state index contributed by atoms with van der Waals surface area (Å²) in [7, 11) is 0. The maximum atomic E-state index is 3.74. The molecule has 2 atom stereocenters. The van der Waals surface area contributed by atoms with Crippen molar-refractivity contribution in [3.63, 3.8) is 0 Å². The molecule has 2 aliphatic rings. The van der Waals surface area contributed by atoms with Crippen molar-refractivity contribution in [1.82, 2.24) is 10.2 Å². The summed E-state index contributed by atoms with van der Waals surface area (Å²) in [6, 6.07) is 0.975. The Morgan fingerprint density at radius 1 is 1.22 bits per heavy atom. The van der Waals surface area contributed by atoms with Gasteiger partial charge in [-0.25, -0.2) is 0 Å². The summed E-state index contributed by atoms with van der Waals surface area (Å²) >= 11 is 0. The van der Waals surface area contributed by atoms with E-state index in [1.54, 1.807) is 0 Å². The van der Waals surface area contributed by atoms with Gasteiger partial charge in [-0.15, -0.1) is 0 Å². The average molecular weight is 252 g/mol. The number of hydrogen-bond donors (Lipinski definition) is 1. The van der Waals surface area contributed by atoms with Crippen molar-refractivity contribution in [3.8, 4) is 0 Å². The molecule has 1 N–H and O–H groups in total. The van der Waals surface area contributed by atoms with E-state index < -0.39 is 0 Å². The monoisotopic (exact) mass is 252 g/mol. The maximum absolute atomic E-state index is 3.74. The summed E-state index contributed by atoms with van der Waals surface area (Å²) in [5.41, 5.74) is 0. The normalized spacial score (nSPS) is 26.7. The highest BCUT2D eigenvalue weighted by molar-refractivity contribution is 4.89. The van der Waals surface area contributed by atoms with Crippen molar-refractivity contribution in [2.75, 3.05) is 26.2 Å². The summed E-state index contributed by atoms with van der Waals surface area (Å²) in [5.74, 6) is 1.83. The molecule has 0 aromatic heterocycles. The minimum Gasteiger partial charge on any atom is -0.316 e. The fraction of sp³-hybridized carbons (Fsp3) is 1.00. The first-order chi connectivity index (χ1) is 8.83. The number of nitrogens with zero attached hydrogens (tertiary/aromatic N) is 1. The van der Waals surface area contributed by atoms with Crippen LogP contribution in [0.15, 0.2) is 0 Å². The Morgan fingerprint density at radius 2 is 2.06 bits per heavy atom. The van der Waals surface area contributed by atoms with Gasteiger partial charge in [0.25, 0.3) is 0 Å². The second-order valence-electron chi connectivity index (χ2n) is 6.46. The lowest BCUT2D eigenvalue weighted by Crippen LogP contribution is -2.30. The van der Waals surface area contributed by atoms with Crippen LogP contribution in [0, 0.1) is 11.8 Å². The van der Waals surface area contributed by atoms with E-state index >= 15 is 0 Å². The zero-order valence-corrected chi connectivity index (χ0v) is 12.5. The highest BCUT2D eigenvalue weighted by Crippen LogP contribution is 2.31. The molecule has 1 saturated heterocycles. The van der Waals surface area contributed by atoms with Crippen LogP contribution in [0.1, 0.15) is 58.8 Å². The van der Waals surface area contributed by atoms with Gasteiger partial charge in [0.05, 0.1) is 0 Å². The molecule has 2 nitrogen and oxygen atoms in total. The van der Waals surface area contributed by atoms with Gasteiger partial charge in [-0.3, -0.25) is 0 Å². The third-order valence-corrected chi connectivity index (χ3v) is 4.79. The number of likely N-dealkylation sites (tertiary alicyclic amines) is 1. The quantitative estimate of drug-likeness (QED) is 0.677. The first-order valence-corrected chi connectivity index (χ1v) is 8.28. The fourth-order valence-electron chi connectivity index (χ4n) is 3.24. The molecule has 2 fully saturated rings. The molecule has 2 heteroatoms. The minimum absolute atomic E-state index is 0.908. The second kappa shape index (κ2) is 7.49. The zero-order valence-electron chi connectivity index (χ0n) is 12.5. The first kappa shape index (κ1) is 14.3. The Labute approximate surface area is 114 Å². The Morgan fingerprint density at radius 3 is 2.72 bits per heavy atom.